The third kappa shape index (κ3) is 4.17. The number of methoxy groups -OCH3 is 1. The van der Waals surface area contributed by atoms with Gasteiger partial charge in [-0.05, 0) is 25.5 Å². The molecule has 0 saturated heterocycles. The van der Waals surface area contributed by atoms with Crippen molar-refractivity contribution in [3.8, 4) is 5.75 Å². The van der Waals surface area contributed by atoms with Crippen LogP contribution in [0.15, 0.2) is 24.3 Å². The first-order chi connectivity index (χ1) is 8.19. The molecule has 0 fully saturated rings. The minimum Gasteiger partial charge on any atom is -0.494 e. The van der Waals surface area contributed by atoms with Crippen molar-refractivity contribution in [3.63, 3.8) is 0 Å². The van der Waals surface area contributed by atoms with Crippen LogP contribution in [0, 0.1) is 0 Å². The number of Topliss-reactive ketones (excluding diaryl/α,β-unsaturated/α-hetero) is 1. The number of hydrogen-bond donors (Lipinski definition) is 1. The maximum Gasteiger partial charge on any atom is 0.179 e. The number of ether oxygens (including phenoxy) is 2. The van der Waals surface area contributed by atoms with Gasteiger partial charge in [0, 0.05) is 19.3 Å². The van der Waals surface area contributed by atoms with E-state index in [2.05, 4.69) is 0 Å². The molecule has 2 N–H and O–H groups in total. The number of carbonyl (C=O) groups excluding carboxylic acids is 1. The molecule has 0 bridgehead atoms. The molecule has 1 aromatic carbocycles. The molecule has 1 rings (SSSR count). The average molecular weight is 237 g/mol. The van der Waals surface area contributed by atoms with Crippen LogP contribution in [0.5, 0.6) is 5.75 Å². The molecule has 17 heavy (non-hydrogen) atoms. The molecule has 0 aliphatic rings. The monoisotopic (exact) mass is 237 g/mol. The zero-order valence-electron chi connectivity index (χ0n) is 10.3. The molecule has 0 amide bonds. The van der Waals surface area contributed by atoms with Crippen molar-refractivity contribution in [2.75, 3.05) is 20.3 Å². The molecular formula is C13H19NO3. The maximum atomic E-state index is 12.0. The first kappa shape index (κ1) is 13.7. The molecular weight excluding hydrogens is 218 g/mol. The molecule has 0 radical (unpaired) electrons. The topological polar surface area (TPSA) is 61.5 Å². The van der Waals surface area contributed by atoms with Crippen molar-refractivity contribution in [3.05, 3.63) is 29.8 Å². The number of ketones is 1. The third-order valence-corrected chi connectivity index (χ3v) is 2.40. The van der Waals surface area contributed by atoms with Crippen LogP contribution < -0.4 is 10.5 Å². The summed E-state index contributed by atoms with van der Waals surface area (Å²) in [5, 5.41) is 0. The van der Waals surface area contributed by atoms with E-state index in [0.717, 1.165) is 0 Å². The van der Waals surface area contributed by atoms with Gasteiger partial charge >= 0.3 is 0 Å². The van der Waals surface area contributed by atoms with Gasteiger partial charge in [-0.1, -0.05) is 12.1 Å². The van der Waals surface area contributed by atoms with Crippen LogP contribution in [0.4, 0.5) is 0 Å². The lowest BCUT2D eigenvalue weighted by Gasteiger charge is -2.11. The number of hydrogen-bond acceptors (Lipinski definition) is 4. The molecule has 1 atom stereocenters. The van der Waals surface area contributed by atoms with Gasteiger partial charge < -0.3 is 15.2 Å². The standard InChI is InChI=1S/C13H19NO3/c1-3-17-11-6-4-5-10(9-11)13(15)12(14)7-8-16-2/h4-6,9,12H,3,7-8,14H2,1-2H3. The lowest BCUT2D eigenvalue weighted by Crippen LogP contribution is -2.31. The van der Waals surface area contributed by atoms with E-state index in [1.807, 2.05) is 13.0 Å². The van der Waals surface area contributed by atoms with E-state index >= 15 is 0 Å². The normalized spacial score (nSPS) is 12.2. The predicted octanol–water partition coefficient (Wildman–Crippen LogP) is 1.63. The molecule has 0 aliphatic carbocycles. The minimum absolute atomic E-state index is 0.0800. The molecule has 0 saturated carbocycles. The van der Waals surface area contributed by atoms with Crippen LogP contribution in [0.3, 0.4) is 0 Å². The van der Waals surface area contributed by atoms with E-state index in [1.54, 1.807) is 25.3 Å². The van der Waals surface area contributed by atoms with E-state index in [9.17, 15) is 4.79 Å². The van der Waals surface area contributed by atoms with E-state index in [1.165, 1.54) is 0 Å². The lowest BCUT2D eigenvalue weighted by atomic mass is 10.0. The Morgan fingerprint density at radius 2 is 2.24 bits per heavy atom. The summed E-state index contributed by atoms with van der Waals surface area (Å²) in [6.07, 6.45) is 0.522. The highest BCUT2D eigenvalue weighted by atomic mass is 16.5. The molecule has 4 nitrogen and oxygen atoms in total. The van der Waals surface area contributed by atoms with E-state index in [4.69, 9.17) is 15.2 Å². The second-order valence-electron chi connectivity index (χ2n) is 3.71. The van der Waals surface area contributed by atoms with Gasteiger partial charge in [-0.3, -0.25) is 4.79 Å². The zero-order valence-corrected chi connectivity index (χ0v) is 10.3. The summed E-state index contributed by atoms with van der Waals surface area (Å²) in [6, 6.07) is 6.56. The summed E-state index contributed by atoms with van der Waals surface area (Å²) in [6.45, 7) is 2.96. The summed E-state index contributed by atoms with van der Waals surface area (Å²) in [5.74, 6) is 0.612. The molecule has 1 aromatic rings. The van der Waals surface area contributed by atoms with Crippen LogP contribution in [-0.4, -0.2) is 32.1 Å². The fourth-order valence-electron chi connectivity index (χ4n) is 1.50. The van der Waals surface area contributed by atoms with Crippen molar-refractivity contribution in [1.82, 2.24) is 0 Å². The quantitative estimate of drug-likeness (QED) is 0.732. The van der Waals surface area contributed by atoms with Crippen LogP contribution in [-0.2, 0) is 4.74 Å². The second-order valence-corrected chi connectivity index (χ2v) is 3.71. The molecule has 4 heteroatoms. The Kier molecular flexibility index (Phi) is 5.66. The SMILES string of the molecule is CCOc1cccc(C(=O)C(N)CCOC)c1. The smallest absolute Gasteiger partial charge is 0.179 e. The largest absolute Gasteiger partial charge is 0.494 e. The average Bonchev–Trinajstić information content (AvgIpc) is 2.35. The Bertz CT molecular complexity index is 365. The Labute approximate surface area is 102 Å². The number of benzene rings is 1. The van der Waals surface area contributed by atoms with Gasteiger partial charge in [0.25, 0.3) is 0 Å². The van der Waals surface area contributed by atoms with Crippen LogP contribution in [0.1, 0.15) is 23.7 Å². The minimum atomic E-state index is -0.521. The van der Waals surface area contributed by atoms with E-state index in [-0.39, 0.29) is 5.78 Å². The Balaban J connectivity index is 2.70. The summed E-state index contributed by atoms with van der Waals surface area (Å²) in [4.78, 5) is 12.0. The predicted molar refractivity (Wildman–Crippen MR) is 66.4 cm³/mol. The highest BCUT2D eigenvalue weighted by Crippen LogP contribution is 2.15. The molecule has 0 spiro atoms. The van der Waals surface area contributed by atoms with Crippen LogP contribution >= 0.6 is 0 Å². The van der Waals surface area contributed by atoms with Gasteiger partial charge in [-0.25, -0.2) is 0 Å². The van der Waals surface area contributed by atoms with Crippen molar-refractivity contribution >= 4 is 5.78 Å². The summed E-state index contributed by atoms with van der Waals surface area (Å²) in [5.41, 5.74) is 6.37. The molecule has 94 valence electrons. The Morgan fingerprint density at radius 3 is 2.88 bits per heavy atom. The van der Waals surface area contributed by atoms with Gasteiger partial charge in [0.1, 0.15) is 5.75 Å². The van der Waals surface area contributed by atoms with Gasteiger partial charge in [0.05, 0.1) is 12.6 Å². The summed E-state index contributed by atoms with van der Waals surface area (Å²) < 4.78 is 10.2. The second kappa shape index (κ2) is 7.04. The fraction of sp³-hybridized carbons (Fsp3) is 0.462. The Morgan fingerprint density at radius 1 is 1.47 bits per heavy atom. The fourth-order valence-corrected chi connectivity index (χ4v) is 1.50. The number of nitrogens with two attached hydrogens (primary N) is 1. The van der Waals surface area contributed by atoms with E-state index < -0.39 is 6.04 Å². The molecule has 0 heterocycles. The summed E-state index contributed by atoms with van der Waals surface area (Å²) >= 11 is 0. The maximum absolute atomic E-state index is 12.0. The van der Waals surface area contributed by atoms with Crippen molar-refractivity contribution < 1.29 is 14.3 Å². The van der Waals surface area contributed by atoms with Gasteiger partial charge in [0.15, 0.2) is 5.78 Å². The number of carbonyl (C=O) groups is 1. The van der Waals surface area contributed by atoms with E-state index in [0.29, 0.717) is 30.9 Å². The van der Waals surface area contributed by atoms with Crippen LogP contribution in [0.2, 0.25) is 0 Å². The van der Waals surface area contributed by atoms with Crippen LogP contribution in [0.25, 0.3) is 0 Å². The van der Waals surface area contributed by atoms with Gasteiger partial charge in [-0.2, -0.15) is 0 Å². The van der Waals surface area contributed by atoms with Crippen molar-refractivity contribution in [2.45, 2.75) is 19.4 Å². The Hall–Kier alpha value is -1.39. The van der Waals surface area contributed by atoms with Gasteiger partial charge in [0.2, 0.25) is 0 Å². The van der Waals surface area contributed by atoms with Crippen molar-refractivity contribution in [2.24, 2.45) is 5.73 Å². The summed E-state index contributed by atoms with van der Waals surface area (Å²) in [7, 11) is 1.59. The molecule has 0 aromatic heterocycles. The van der Waals surface area contributed by atoms with Gasteiger partial charge in [-0.15, -0.1) is 0 Å². The molecule has 1 unspecified atom stereocenters. The number of rotatable bonds is 7. The zero-order chi connectivity index (χ0) is 12.7. The first-order valence-electron chi connectivity index (χ1n) is 5.70. The molecule has 0 aliphatic heterocycles. The lowest BCUT2D eigenvalue weighted by molar-refractivity contribution is 0.0935. The third-order valence-electron chi connectivity index (χ3n) is 2.40. The first-order valence-corrected chi connectivity index (χ1v) is 5.70. The van der Waals surface area contributed by atoms with Crippen molar-refractivity contribution in [1.29, 1.82) is 0 Å². The highest BCUT2D eigenvalue weighted by Gasteiger charge is 2.15. The highest BCUT2D eigenvalue weighted by molar-refractivity contribution is 6.00.